The van der Waals surface area contributed by atoms with Gasteiger partial charge in [-0.2, -0.15) is 9.40 Å². The van der Waals surface area contributed by atoms with Crippen LogP contribution in [-0.2, 0) is 27.8 Å². The highest BCUT2D eigenvalue weighted by molar-refractivity contribution is 7.91. The number of nitrogens with one attached hydrogen (secondary N) is 1. The Morgan fingerprint density at radius 1 is 1.33 bits per heavy atom. The van der Waals surface area contributed by atoms with Gasteiger partial charge in [0.1, 0.15) is 4.21 Å². The molecule has 1 amide bonds. The van der Waals surface area contributed by atoms with Crippen molar-refractivity contribution in [2.75, 3.05) is 19.6 Å². The first kappa shape index (κ1) is 23.0. The smallest absolute Gasteiger partial charge is 0.252 e. The molecule has 9 heteroatoms. The number of thiophene rings is 1. The quantitative estimate of drug-likeness (QED) is 0.667. The number of sulfonamides is 1. The summed E-state index contributed by atoms with van der Waals surface area (Å²) in [4.78, 5) is 12.7. The van der Waals surface area contributed by atoms with Crippen LogP contribution in [0.4, 0.5) is 0 Å². The van der Waals surface area contributed by atoms with E-state index < -0.39 is 10.0 Å². The molecule has 1 N–H and O–H groups in total. The van der Waals surface area contributed by atoms with Gasteiger partial charge in [0.15, 0.2) is 0 Å². The van der Waals surface area contributed by atoms with E-state index in [1.54, 1.807) is 21.8 Å². The van der Waals surface area contributed by atoms with Gasteiger partial charge in [-0.25, -0.2) is 8.42 Å². The number of carbonyl (C=O) groups excluding carboxylic acids is 1. The number of amides is 1. The molecule has 1 aliphatic heterocycles. The van der Waals surface area contributed by atoms with E-state index in [1.165, 1.54) is 16.9 Å². The van der Waals surface area contributed by atoms with Gasteiger partial charge in [-0.05, 0) is 63.0 Å². The van der Waals surface area contributed by atoms with Crippen molar-refractivity contribution in [1.29, 1.82) is 0 Å². The maximum atomic E-state index is 12.7. The maximum Gasteiger partial charge on any atom is 0.252 e. The minimum Gasteiger partial charge on any atom is -0.356 e. The lowest BCUT2D eigenvalue weighted by molar-refractivity contribution is -0.126. The second kappa shape index (κ2) is 9.62. The molecular weight excluding hydrogens is 420 g/mol. The lowest BCUT2D eigenvalue weighted by atomic mass is 9.85. The fourth-order valence-corrected chi connectivity index (χ4v) is 6.86. The van der Waals surface area contributed by atoms with Gasteiger partial charge in [0.05, 0.1) is 5.69 Å². The Kier molecular flexibility index (Phi) is 7.36. The number of carbonyl (C=O) groups is 1. The van der Waals surface area contributed by atoms with Crippen molar-refractivity contribution in [2.24, 2.45) is 11.8 Å². The van der Waals surface area contributed by atoms with Crippen LogP contribution in [-0.4, -0.2) is 48.0 Å². The van der Waals surface area contributed by atoms with Gasteiger partial charge in [0.2, 0.25) is 5.91 Å². The topological polar surface area (TPSA) is 84.3 Å². The summed E-state index contributed by atoms with van der Waals surface area (Å²) in [5, 5.41) is 9.38. The number of piperidine rings is 1. The third kappa shape index (κ3) is 4.78. The molecule has 0 bridgehead atoms. The molecule has 3 heterocycles. The van der Waals surface area contributed by atoms with Crippen molar-refractivity contribution in [3.8, 4) is 0 Å². The summed E-state index contributed by atoms with van der Waals surface area (Å²) in [6, 6.07) is 3.41. The second-order valence-corrected chi connectivity index (χ2v) is 11.1. The molecule has 0 aromatic carbocycles. The molecule has 0 spiro atoms. The Labute approximate surface area is 183 Å². The second-order valence-electron chi connectivity index (χ2n) is 7.97. The van der Waals surface area contributed by atoms with Crippen molar-refractivity contribution in [1.82, 2.24) is 19.4 Å². The molecule has 1 aliphatic rings. The third-order valence-electron chi connectivity index (χ3n) is 6.21. The van der Waals surface area contributed by atoms with Gasteiger partial charge in [-0.3, -0.25) is 9.48 Å². The van der Waals surface area contributed by atoms with E-state index in [1.807, 2.05) is 18.5 Å². The van der Waals surface area contributed by atoms with Crippen LogP contribution in [0.2, 0.25) is 0 Å². The summed E-state index contributed by atoms with van der Waals surface area (Å²) in [6.07, 6.45) is 2.19. The summed E-state index contributed by atoms with van der Waals surface area (Å²) in [7, 11) is -3.40. The van der Waals surface area contributed by atoms with E-state index in [0.29, 0.717) is 36.7 Å². The molecule has 3 rings (SSSR count). The average molecular weight is 453 g/mol. The van der Waals surface area contributed by atoms with Crippen molar-refractivity contribution in [2.45, 2.75) is 57.7 Å². The highest BCUT2D eigenvalue weighted by atomic mass is 32.2. The zero-order chi connectivity index (χ0) is 21.9. The average Bonchev–Trinajstić information content (AvgIpc) is 3.37. The van der Waals surface area contributed by atoms with Gasteiger partial charge in [-0.1, -0.05) is 13.0 Å². The molecule has 166 valence electrons. The minimum absolute atomic E-state index is 0.0488. The Balaban J connectivity index is 1.49. The van der Waals surface area contributed by atoms with E-state index in [9.17, 15) is 13.2 Å². The predicted octanol–water partition coefficient (Wildman–Crippen LogP) is 2.98. The monoisotopic (exact) mass is 452 g/mol. The standard InChI is InChI=1S/C21H32N4O3S2/c1-5-25-17(4)19(16(3)23-25)8-11-22-21(26)15(2)18-9-12-24(13-10-18)30(27,28)20-7-6-14-29-20/h6-7,14-15,18H,5,8-13H2,1-4H3,(H,22,26)/t15-/m1/s1. The zero-order valence-corrected chi connectivity index (χ0v) is 19.9. The summed E-state index contributed by atoms with van der Waals surface area (Å²) in [5.41, 5.74) is 3.39. The van der Waals surface area contributed by atoms with Crippen LogP contribution < -0.4 is 5.32 Å². The lowest BCUT2D eigenvalue weighted by Crippen LogP contribution is -2.42. The van der Waals surface area contributed by atoms with Crippen molar-refractivity contribution in [3.63, 3.8) is 0 Å². The first-order chi connectivity index (χ1) is 14.3. The Hall–Kier alpha value is -1.71. The zero-order valence-electron chi connectivity index (χ0n) is 18.2. The highest BCUT2D eigenvalue weighted by Crippen LogP contribution is 2.29. The van der Waals surface area contributed by atoms with Crippen LogP contribution in [0.15, 0.2) is 21.7 Å². The molecule has 2 aromatic heterocycles. The van der Waals surface area contributed by atoms with Gasteiger partial charge in [0, 0.05) is 37.8 Å². The fraction of sp³-hybridized carbons (Fsp3) is 0.619. The third-order valence-corrected chi connectivity index (χ3v) is 9.49. The van der Waals surface area contributed by atoms with Crippen LogP contribution >= 0.6 is 11.3 Å². The number of aromatic nitrogens is 2. The fourth-order valence-electron chi connectivity index (χ4n) is 4.24. The lowest BCUT2D eigenvalue weighted by Gasteiger charge is -2.33. The molecule has 0 saturated carbocycles. The molecule has 7 nitrogen and oxygen atoms in total. The molecule has 1 saturated heterocycles. The molecule has 0 unspecified atom stereocenters. The van der Waals surface area contributed by atoms with Crippen molar-refractivity contribution in [3.05, 3.63) is 34.5 Å². The molecule has 0 radical (unpaired) electrons. The van der Waals surface area contributed by atoms with E-state index in [4.69, 9.17) is 0 Å². The normalized spacial score (nSPS) is 17.2. The van der Waals surface area contributed by atoms with Crippen LogP contribution in [0, 0.1) is 25.7 Å². The van der Waals surface area contributed by atoms with Gasteiger partial charge >= 0.3 is 0 Å². The van der Waals surface area contributed by atoms with Crippen LogP contribution in [0.5, 0.6) is 0 Å². The maximum absolute atomic E-state index is 12.7. The van der Waals surface area contributed by atoms with Gasteiger partial charge in [-0.15, -0.1) is 11.3 Å². The SMILES string of the molecule is CCn1nc(C)c(CCNC(=O)[C@H](C)C2CCN(S(=O)(=O)c3cccs3)CC2)c1C. The van der Waals surface area contributed by atoms with Crippen molar-refractivity contribution >= 4 is 27.3 Å². The Morgan fingerprint density at radius 2 is 2.03 bits per heavy atom. The molecule has 2 aromatic rings. The van der Waals surface area contributed by atoms with Crippen LogP contribution in [0.3, 0.4) is 0 Å². The summed E-state index contributed by atoms with van der Waals surface area (Å²) < 4.78 is 29.3. The Bertz CT molecular complexity index is 959. The first-order valence-corrected chi connectivity index (χ1v) is 12.9. The van der Waals surface area contributed by atoms with E-state index in [2.05, 4.69) is 24.3 Å². The predicted molar refractivity (Wildman–Crippen MR) is 119 cm³/mol. The van der Waals surface area contributed by atoms with E-state index in [0.717, 1.165) is 24.4 Å². The number of rotatable bonds is 8. The van der Waals surface area contributed by atoms with E-state index >= 15 is 0 Å². The molecular formula is C21H32N4O3S2. The number of hydrogen-bond acceptors (Lipinski definition) is 5. The largest absolute Gasteiger partial charge is 0.356 e. The highest BCUT2D eigenvalue weighted by Gasteiger charge is 2.33. The van der Waals surface area contributed by atoms with Crippen molar-refractivity contribution < 1.29 is 13.2 Å². The molecule has 1 atom stereocenters. The minimum atomic E-state index is -3.40. The number of nitrogens with zero attached hydrogens (tertiary/aromatic N) is 3. The molecule has 30 heavy (non-hydrogen) atoms. The molecule has 1 fully saturated rings. The first-order valence-electron chi connectivity index (χ1n) is 10.6. The number of hydrogen-bond donors (Lipinski definition) is 1. The van der Waals surface area contributed by atoms with Crippen LogP contribution in [0.1, 0.15) is 43.6 Å². The summed E-state index contributed by atoms with van der Waals surface area (Å²) in [5.74, 6) is 0.121. The molecule has 0 aliphatic carbocycles. The summed E-state index contributed by atoms with van der Waals surface area (Å²) >= 11 is 1.25. The number of aryl methyl sites for hydroxylation is 2. The van der Waals surface area contributed by atoms with E-state index in [-0.39, 0.29) is 17.7 Å². The van der Waals surface area contributed by atoms with Crippen LogP contribution in [0.25, 0.3) is 0 Å². The van der Waals surface area contributed by atoms with Gasteiger partial charge < -0.3 is 5.32 Å². The van der Waals surface area contributed by atoms with Gasteiger partial charge in [0.25, 0.3) is 10.0 Å². The summed E-state index contributed by atoms with van der Waals surface area (Å²) in [6.45, 7) is 10.5. The Morgan fingerprint density at radius 3 is 2.60 bits per heavy atom.